The molecule has 1 aromatic carbocycles. The smallest absolute Gasteiger partial charge is 0.111 e. The minimum Gasteiger partial charge on any atom is -0.327 e. The molecule has 0 spiro atoms. The highest BCUT2D eigenvalue weighted by atomic mass is 35.5. The third-order valence-corrected chi connectivity index (χ3v) is 4.19. The van der Waals surface area contributed by atoms with E-state index in [0.717, 1.165) is 34.7 Å². The van der Waals surface area contributed by atoms with Gasteiger partial charge in [0.05, 0.1) is 11.0 Å². The van der Waals surface area contributed by atoms with Gasteiger partial charge in [0.1, 0.15) is 5.82 Å². The maximum Gasteiger partial charge on any atom is 0.111 e. The molecule has 1 atom stereocenters. The summed E-state index contributed by atoms with van der Waals surface area (Å²) in [5.74, 6) is 1.12. The van der Waals surface area contributed by atoms with Crippen LogP contribution in [0.4, 0.5) is 0 Å². The van der Waals surface area contributed by atoms with Crippen LogP contribution in [0.5, 0.6) is 0 Å². The fraction of sp³-hybridized carbons (Fsp3) is 0.588. The molecule has 1 saturated carbocycles. The summed E-state index contributed by atoms with van der Waals surface area (Å²) in [4.78, 5) is 4.81. The Bertz CT molecular complexity index is 650. The molecule has 1 aliphatic rings. The molecule has 1 aliphatic carbocycles. The van der Waals surface area contributed by atoms with Crippen molar-refractivity contribution >= 4 is 22.6 Å². The minimum atomic E-state index is 0.148. The van der Waals surface area contributed by atoms with E-state index in [1.165, 1.54) is 12.8 Å². The first-order valence-corrected chi connectivity index (χ1v) is 8.13. The molecular weight excluding hydrogens is 282 g/mol. The van der Waals surface area contributed by atoms with Gasteiger partial charge in [0.15, 0.2) is 0 Å². The number of halogens is 1. The third kappa shape index (κ3) is 3.41. The van der Waals surface area contributed by atoms with E-state index in [-0.39, 0.29) is 11.5 Å². The maximum absolute atomic E-state index is 6.35. The number of rotatable bonds is 4. The van der Waals surface area contributed by atoms with Crippen LogP contribution in [0.1, 0.15) is 51.9 Å². The lowest BCUT2D eigenvalue weighted by molar-refractivity contribution is 0.335. The van der Waals surface area contributed by atoms with Gasteiger partial charge in [-0.2, -0.15) is 0 Å². The van der Waals surface area contributed by atoms with Crippen molar-refractivity contribution in [3.63, 3.8) is 0 Å². The Kier molecular flexibility index (Phi) is 3.74. The molecule has 114 valence electrons. The molecule has 1 unspecified atom stereocenters. The highest BCUT2D eigenvalue weighted by molar-refractivity contribution is 6.31. The molecule has 2 aromatic rings. The first kappa shape index (κ1) is 14.9. The summed E-state index contributed by atoms with van der Waals surface area (Å²) < 4.78 is 2.36. The second-order valence-corrected chi connectivity index (χ2v) is 7.93. The van der Waals surface area contributed by atoms with E-state index in [1.807, 2.05) is 18.2 Å². The average Bonchev–Trinajstić information content (AvgIpc) is 3.10. The zero-order valence-electron chi connectivity index (χ0n) is 13.1. The first-order valence-electron chi connectivity index (χ1n) is 7.75. The quantitative estimate of drug-likeness (QED) is 0.913. The molecule has 0 aliphatic heterocycles. The molecule has 3 nitrogen and oxygen atoms in total. The Morgan fingerprint density at radius 1 is 1.38 bits per heavy atom. The number of hydrogen-bond acceptors (Lipinski definition) is 2. The van der Waals surface area contributed by atoms with Crippen LogP contribution in [0.15, 0.2) is 18.2 Å². The highest BCUT2D eigenvalue weighted by Crippen LogP contribution is 2.39. The number of benzene rings is 1. The number of nitrogens with two attached hydrogens (primary N) is 1. The Morgan fingerprint density at radius 3 is 2.71 bits per heavy atom. The molecular formula is C17H24ClN3. The van der Waals surface area contributed by atoms with Crippen molar-refractivity contribution in [2.75, 3.05) is 0 Å². The molecule has 1 aromatic heterocycles. The molecule has 2 N–H and O–H groups in total. The zero-order valence-corrected chi connectivity index (χ0v) is 13.8. The van der Waals surface area contributed by atoms with Crippen molar-refractivity contribution in [2.45, 2.75) is 58.5 Å². The lowest BCUT2D eigenvalue weighted by atomic mass is 9.87. The predicted octanol–water partition coefficient (Wildman–Crippen LogP) is 4.33. The average molecular weight is 306 g/mol. The van der Waals surface area contributed by atoms with Crippen LogP contribution in [0.3, 0.4) is 0 Å². The van der Waals surface area contributed by atoms with Crippen LogP contribution in [0, 0.1) is 5.41 Å². The predicted molar refractivity (Wildman–Crippen MR) is 88.8 cm³/mol. The molecule has 0 amide bonds. The van der Waals surface area contributed by atoms with Gasteiger partial charge in [0, 0.05) is 23.5 Å². The Labute approximate surface area is 131 Å². The van der Waals surface area contributed by atoms with Crippen LogP contribution >= 0.6 is 11.6 Å². The molecule has 3 rings (SSSR count). The first-order chi connectivity index (χ1) is 9.83. The summed E-state index contributed by atoms with van der Waals surface area (Å²) in [7, 11) is 0. The van der Waals surface area contributed by atoms with Crippen molar-refractivity contribution in [2.24, 2.45) is 11.1 Å². The van der Waals surface area contributed by atoms with E-state index >= 15 is 0 Å². The van der Waals surface area contributed by atoms with Crippen molar-refractivity contribution in [3.8, 4) is 0 Å². The van der Waals surface area contributed by atoms with Gasteiger partial charge >= 0.3 is 0 Å². The van der Waals surface area contributed by atoms with Crippen molar-refractivity contribution in [1.82, 2.24) is 9.55 Å². The molecule has 21 heavy (non-hydrogen) atoms. The normalized spacial score (nSPS) is 17.4. The van der Waals surface area contributed by atoms with E-state index in [1.54, 1.807) is 0 Å². The van der Waals surface area contributed by atoms with Crippen molar-refractivity contribution in [3.05, 3.63) is 29.0 Å². The lowest BCUT2D eigenvalue weighted by Gasteiger charge is -2.23. The summed E-state index contributed by atoms with van der Waals surface area (Å²) in [5, 5.41) is 0.773. The largest absolute Gasteiger partial charge is 0.327 e. The van der Waals surface area contributed by atoms with Crippen LogP contribution in [0.25, 0.3) is 11.0 Å². The monoisotopic (exact) mass is 305 g/mol. The molecule has 4 heteroatoms. The summed E-state index contributed by atoms with van der Waals surface area (Å²) in [6.45, 7) is 6.70. The van der Waals surface area contributed by atoms with E-state index in [4.69, 9.17) is 22.3 Å². The fourth-order valence-electron chi connectivity index (χ4n) is 3.09. The van der Waals surface area contributed by atoms with E-state index < -0.39 is 0 Å². The number of aromatic nitrogens is 2. The summed E-state index contributed by atoms with van der Waals surface area (Å²) >= 11 is 6.15. The number of hydrogen-bond donors (Lipinski definition) is 1. The minimum absolute atomic E-state index is 0.148. The fourth-order valence-corrected chi connectivity index (χ4v) is 3.26. The van der Waals surface area contributed by atoms with Crippen molar-refractivity contribution < 1.29 is 0 Å². The van der Waals surface area contributed by atoms with E-state index in [2.05, 4.69) is 25.3 Å². The Hall–Kier alpha value is -1.06. The summed E-state index contributed by atoms with van der Waals surface area (Å²) in [6.07, 6.45) is 4.31. The van der Waals surface area contributed by atoms with Gasteiger partial charge in [-0.25, -0.2) is 4.98 Å². The molecule has 0 bridgehead atoms. The number of imidazole rings is 1. The second-order valence-electron chi connectivity index (χ2n) is 7.49. The van der Waals surface area contributed by atoms with Gasteiger partial charge in [0.2, 0.25) is 0 Å². The van der Waals surface area contributed by atoms with Crippen LogP contribution in [-0.4, -0.2) is 15.6 Å². The Morgan fingerprint density at radius 2 is 2.10 bits per heavy atom. The lowest BCUT2D eigenvalue weighted by Crippen LogP contribution is -2.29. The summed E-state index contributed by atoms with van der Waals surface area (Å²) in [5.41, 5.74) is 8.79. The van der Waals surface area contributed by atoms with E-state index in [0.29, 0.717) is 6.04 Å². The topological polar surface area (TPSA) is 43.8 Å². The van der Waals surface area contributed by atoms with Crippen LogP contribution in [0.2, 0.25) is 5.02 Å². The van der Waals surface area contributed by atoms with Gasteiger partial charge in [-0.1, -0.05) is 32.4 Å². The van der Waals surface area contributed by atoms with Gasteiger partial charge < -0.3 is 10.3 Å². The van der Waals surface area contributed by atoms with Gasteiger partial charge in [-0.15, -0.1) is 0 Å². The number of nitrogens with zero attached hydrogens (tertiary/aromatic N) is 2. The van der Waals surface area contributed by atoms with Crippen LogP contribution in [-0.2, 0) is 6.42 Å². The van der Waals surface area contributed by atoms with Gasteiger partial charge in [-0.3, -0.25) is 0 Å². The Balaban J connectivity index is 1.92. The maximum atomic E-state index is 6.35. The molecule has 1 fully saturated rings. The third-order valence-electron chi connectivity index (χ3n) is 3.96. The molecule has 1 heterocycles. The zero-order chi connectivity index (χ0) is 15.2. The highest BCUT2D eigenvalue weighted by Gasteiger charge is 2.29. The van der Waals surface area contributed by atoms with E-state index in [9.17, 15) is 0 Å². The van der Waals surface area contributed by atoms with Crippen molar-refractivity contribution in [1.29, 1.82) is 0 Å². The number of fused-ring (bicyclic) bond motifs is 1. The summed E-state index contributed by atoms with van der Waals surface area (Å²) in [6, 6.07) is 6.68. The second kappa shape index (κ2) is 5.29. The van der Waals surface area contributed by atoms with Gasteiger partial charge in [-0.05, 0) is 42.9 Å². The van der Waals surface area contributed by atoms with Crippen LogP contribution < -0.4 is 5.73 Å². The standard InChI is InChI=1S/C17H24ClN3/c1-17(2,3)10-12(19)9-16-20-14-7-4-11(18)8-15(14)21(16)13-5-6-13/h4,7-8,12-13H,5-6,9-10,19H2,1-3H3. The van der Waals surface area contributed by atoms with Gasteiger partial charge in [0.25, 0.3) is 0 Å². The molecule has 0 saturated heterocycles. The SMILES string of the molecule is CC(C)(C)CC(N)Cc1nc2ccc(Cl)cc2n1C1CC1. The molecule has 0 radical (unpaired) electrons.